The summed E-state index contributed by atoms with van der Waals surface area (Å²) >= 11 is 0. The summed E-state index contributed by atoms with van der Waals surface area (Å²) < 4.78 is 43.0. The van der Waals surface area contributed by atoms with Gasteiger partial charge in [0.05, 0.1) is 5.56 Å². The number of benzene rings is 1. The first-order valence-corrected chi connectivity index (χ1v) is 11.9. The third kappa shape index (κ3) is 5.32. The van der Waals surface area contributed by atoms with Crippen LogP contribution < -0.4 is 4.90 Å². The van der Waals surface area contributed by atoms with Gasteiger partial charge in [-0.3, -0.25) is 4.90 Å². The summed E-state index contributed by atoms with van der Waals surface area (Å²) in [6.07, 6.45) is 0.599. The third-order valence-corrected chi connectivity index (χ3v) is 7.43. The van der Waals surface area contributed by atoms with Crippen molar-refractivity contribution in [3.05, 3.63) is 53.9 Å². The number of likely N-dealkylation sites (tertiary alicyclic amines) is 1. The normalized spacial score (nSPS) is 18.3. The Labute approximate surface area is 203 Å². The predicted molar refractivity (Wildman–Crippen MR) is 128 cm³/mol. The fraction of sp³-hybridized carbons (Fsp3) is 0.520. The van der Waals surface area contributed by atoms with Crippen molar-refractivity contribution in [2.45, 2.75) is 50.9 Å². The van der Waals surface area contributed by atoms with E-state index in [0.717, 1.165) is 25.7 Å². The highest BCUT2D eigenvalue weighted by molar-refractivity contribution is 5.85. The standard InChI is InChI=1S/C25H32F3N5O2/c1-18(33-13-8-21(29-33)23(34)35)31-14-9-24(2,10-15-31)30(3)17-19-6-7-22(32-11-4-5-12-32)20(16-19)25(26,27)28/h6-8,13,16H,1,4-5,9-12,14-15,17H2,2-3H3,(H,34,35). The largest absolute Gasteiger partial charge is 0.476 e. The Morgan fingerprint density at radius 3 is 2.40 bits per heavy atom. The minimum atomic E-state index is -4.39. The van der Waals surface area contributed by atoms with E-state index in [0.29, 0.717) is 44.1 Å². The van der Waals surface area contributed by atoms with Crippen LogP contribution in [0.25, 0.3) is 5.82 Å². The van der Waals surface area contributed by atoms with E-state index in [1.165, 1.54) is 16.8 Å². The van der Waals surface area contributed by atoms with Crippen LogP contribution in [0.2, 0.25) is 0 Å². The number of carboxylic acids is 1. The molecule has 2 aliphatic rings. The number of halogens is 3. The molecule has 2 aliphatic heterocycles. The van der Waals surface area contributed by atoms with Gasteiger partial charge < -0.3 is 14.9 Å². The molecular weight excluding hydrogens is 459 g/mol. The van der Waals surface area contributed by atoms with Crippen molar-refractivity contribution in [2.24, 2.45) is 0 Å². The summed E-state index contributed by atoms with van der Waals surface area (Å²) in [5.41, 5.74) is 0.139. The van der Waals surface area contributed by atoms with Gasteiger partial charge in [0.15, 0.2) is 5.69 Å². The molecule has 0 radical (unpaired) electrons. The lowest BCUT2D eigenvalue weighted by molar-refractivity contribution is -0.137. The Bertz CT molecular complexity index is 1080. The molecular formula is C25H32F3N5O2. The number of nitrogens with zero attached hydrogens (tertiary/aromatic N) is 5. The SMILES string of the molecule is C=C(N1CCC(C)(N(C)Cc2ccc(N3CCCC3)c(C(F)(F)F)c2)CC1)n1ccc(C(=O)O)n1. The number of piperidine rings is 1. The van der Waals surface area contributed by atoms with E-state index in [4.69, 9.17) is 5.11 Å². The molecule has 3 heterocycles. The summed E-state index contributed by atoms with van der Waals surface area (Å²) in [7, 11) is 1.96. The Morgan fingerprint density at radius 1 is 1.17 bits per heavy atom. The first-order valence-electron chi connectivity index (χ1n) is 11.9. The summed E-state index contributed by atoms with van der Waals surface area (Å²) in [5, 5.41) is 13.1. The molecule has 0 amide bonds. The van der Waals surface area contributed by atoms with E-state index >= 15 is 0 Å². The molecule has 2 saturated heterocycles. The van der Waals surface area contributed by atoms with Crippen LogP contribution in [0.3, 0.4) is 0 Å². The Morgan fingerprint density at radius 2 is 1.83 bits per heavy atom. The number of carboxylic acid groups (broad SMARTS) is 1. The second kappa shape index (κ2) is 9.56. The van der Waals surface area contributed by atoms with E-state index in [-0.39, 0.29) is 16.9 Å². The number of alkyl halides is 3. The Balaban J connectivity index is 1.42. The molecule has 0 unspecified atom stereocenters. The van der Waals surface area contributed by atoms with Gasteiger partial charge in [-0.15, -0.1) is 0 Å². The molecule has 10 heteroatoms. The quantitative estimate of drug-likeness (QED) is 0.610. The molecule has 0 atom stereocenters. The zero-order valence-corrected chi connectivity index (χ0v) is 20.2. The molecule has 190 valence electrons. The minimum Gasteiger partial charge on any atom is -0.476 e. The van der Waals surface area contributed by atoms with Crippen LogP contribution in [-0.2, 0) is 12.7 Å². The van der Waals surface area contributed by atoms with Crippen molar-refractivity contribution < 1.29 is 23.1 Å². The Hall–Kier alpha value is -3.01. The fourth-order valence-electron chi connectivity index (χ4n) is 4.96. The first kappa shape index (κ1) is 25.1. The van der Waals surface area contributed by atoms with Crippen LogP contribution in [0.15, 0.2) is 37.0 Å². The van der Waals surface area contributed by atoms with Gasteiger partial charge in [-0.05, 0) is 63.4 Å². The van der Waals surface area contributed by atoms with Gasteiger partial charge in [-0.2, -0.15) is 18.3 Å². The number of hydrogen-bond donors (Lipinski definition) is 1. The number of carbonyl (C=O) groups is 1. The van der Waals surface area contributed by atoms with Crippen molar-refractivity contribution in [2.75, 3.05) is 38.1 Å². The summed E-state index contributed by atoms with van der Waals surface area (Å²) in [6.45, 7) is 9.31. The molecule has 0 bridgehead atoms. The van der Waals surface area contributed by atoms with Crippen LogP contribution in [0.5, 0.6) is 0 Å². The summed E-state index contributed by atoms with van der Waals surface area (Å²) in [6, 6.07) is 6.18. The second-order valence-electron chi connectivity index (χ2n) is 9.75. The molecule has 0 saturated carbocycles. The highest BCUT2D eigenvalue weighted by atomic mass is 19.4. The van der Waals surface area contributed by atoms with Crippen molar-refractivity contribution in [3.8, 4) is 0 Å². The smallest absolute Gasteiger partial charge is 0.418 e. The minimum absolute atomic E-state index is 0.0401. The zero-order valence-electron chi connectivity index (χ0n) is 20.2. The molecule has 7 nitrogen and oxygen atoms in total. The average molecular weight is 492 g/mol. The molecule has 1 N–H and O–H groups in total. The molecule has 1 aromatic heterocycles. The highest BCUT2D eigenvalue weighted by Gasteiger charge is 2.37. The molecule has 0 aliphatic carbocycles. The van der Waals surface area contributed by atoms with Crippen LogP contribution >= 0.6 is 0 Å². The lowest BCUT2D eigenvalue weighted by Gasteiger charge is -2.46. The van der Waals surface area contributed by atoms with E-state index in [1.54, 1.807) is 12.3 Å². The average Bonchev–Trinajstić information content (AvgIpc) is 3.51. The maximum atomic E-state index is 13.9. The van der Waals surface area contributed by atoms with Crippen molar-refractivity contribution >= 4 is 17.5 Å². The number of aromatic carboxylic acids is 1. The first-order chi connectivity index (χ1) is 16.5. The van der Waals surface area contributed by atoms with Crippen LogP contribution in [-0.4, -0.2) is 69.4 Å². The monoisotopic (exact) mass is 491 g/mol. The van der Waals surface area contributed by atoms with E-state index < -0.39 is 17.7 Å². The van der Waals surface area contributed by atoms with Gasteiger partial charge in [0.2, 0.25) is 0 Å². The number of hydrogen-bond acceptors (Lipinski definition) is 5. The third-order valence-electron chi connectivity index (χ3n) is 7.43. The van der Waals surface area contributed by atoms with Gasteiger partial charge in [0.25, 0.3) is 0 Å². The van der Waals surface area contributed by atoms with Crippen LogP contribution in [0.1, 0.15) is 54.2 Å². The molecule has 0 spiro atoms. The molecule has 2 aromatic rings. The van der Waals surface area contributed by atoms with Crippen LogP contribution in [0, 0.1) is 0 Å². The van der Waals surface area contributed by atoms with Gasteiger partial charge >= 0.3 is 12.1 Å². The second-order valence-corrected chi connectivity index (χ2v) is 9.75. The molecule has 35 heavy (non-hydrogen) atoms. The molecule has 4 rings (SSSR count). The van der Waals surface area contributed by atoms with E-state index in [9.17, 15) is 18.0 Å². The van der Waals surface area contributed by atoms with Crippen molar-refractivity contribution in [1.82, 2.24) is 19.6 Å². The van der Waals surface area contributed by atoms with Gasteiger partial charge in [0, 0.05) is 50.1 Å². The van der Waals surface area contributed by atoms with Gasteiger partial charge in [-0.1, -0.05) is 12.6 Å². The van der Waals surface area contributed by atoms with Crippen molar-refractivity contribution in [3.63, 3.8) is 0 Å². The van der Waals surface area contributed by atoms with Gasteiger partial charge in [0.1, 0.15) is 5.82 Å². The topological polar surface area (TPSA) is 64.8 Å². The Kier molecular flexibility index (Phi) is 6.86. The number of rotatable bonds is 7. The summed E-state index contributed by atoms with van der Waals surface area (Å²) in [4.78, 5) is 17.1. The predicted octanol–water partition coefficient (Wildman–Crippen LogP) is 4.62. The number of anilines is 1. The highest BCUT2D eigenvalue weighted by Crippen LogP contribution is 2.39. The van der Waals surface area contributed by atoms with Crippen LogP contribution in [0.4, 0.5) is 18.9 Å². The summed E-state index contributed by atoms with van der Waals surface area (Å²) in [5.74, 6) is -0.485. The lowest BCUT2D eigenvalue weighted by Crippen LogP contribution is -2.51. The fourth-order valence-corrected chi connectivity index (χ4v) is 4.96. The maximum absolute atomic E-state index is 13.9. The van der Waals surface area contributed by atoms with Gasteiger partial charge in [-0.25, -0.2) is 9.48 Å². The molecule has 2 fully saturated rings. The molecule has 1 aromatic carbocycles. The van der Waals surface area contributed by atoms with Crippen molar-refractivity contribution in [1.29, 1.82) is 0 Å². The van der Waals surface area contributed by atoms with E-state index in [2.05, 4.69) is 28.4 Å². The number of aromatic nitrogens is 2. The maximum Gasteiger partial charge on any atom is 0.418 e. The van der Waals surface area contributed by atoms with E-state index in [1.807, 2.05) is 18.0 Å². The zero-order chi connectivity index (χ0) is 25.4. The lowest BCUT2D eigenvalue weighted by atomic mass is 9.87.